The Kier molecular flexibility index (Phi) is 5.28. The van der Waals surface area contributed by atoms with Crippen molar-refractivity contribution in [2.24, 2.45) is 0 Å². The van der Waals surface area contributed by atoms with Gasteiger partial charge in [0.15, 0.2) is 0 Å². The number of hydrogen-bond donors (Lipinski definition) is 1. The van der Waals surface area contributed by atoms with E-state index in [1.54, 1.807) is 22.9 Å². The molecule has 1 aromatic heterocycles. The van der Waals surface area contributed by atoms with Crippen LogP contribution in [0.4, 0.5) is 5.69 Å². The molecule has 31 heavy (non-hydrogen) atoms. The molecule has 0 saturated carbocycles. The molecule has 3 aromatic carbocycles. The molecule has 0 saturated heterocycles. The van der Waals surface area contributed by atoms with Crippen LogP contribution in [0.15, 0.2) is 72.8 Å². The van der Waals surface area contributed by atoms with E-state index in [4.69, 9.17) is 14.6 Å². The summed E-state index contributed by atoms with van der Waals surface area (Å²) in [6.07, 6.45) is 0. The molecule has 156 valence electrons. The van der Waals surface area contributed by atoms with Gasteiger partial charge in [-0.15, -0.1) is 0 Å². The molecule has 0 fully saturated rings. The predicted octanol–water partition coefficient (Wildman–Crippen LogP) is 4.84. The van der Waals surface area contributed by atoms with Crippen molar-refractivity contribution in [1.29, 1.82) is 0 Å². The van der Waals surface area contributed by atoms with Crippen LogP contribution in [-0.2, 0) is 0 Å². The maximum Gasteiger partial charge on any atom is 0.269 e. The lowest BCUT2D eigenvalue weighted by Gasteiger charge is -2.11. The molecule has 0 amide bonds. The highest BCUT2D eigenvalue weighted by molar-refractivity contribution is 5.79. The summed E-state index contributed by atoms with van der Waals surface area (Å²) in [4.78, 5) is 10.6. The molecule has 0 spiro atoms. The Balaban J connectivity index is 1.92. The average Bonchev–Trinajstić information content (AvgIpc) is 3.23. The first-order chi connectivity index (χ1) is 15.0. The van der Waals surface area contributed by atoms with Crippen LogP contribution in [-0.4, -0.2) is 34.0 Å². The Morgan fingerprint density at radius 1 is 0.968 bits per heavy atom. The quantitative estimate of drug-likeness (QED) is 0.356. The Morgan fingerprint density at radius 2 is 1.68 bits per heavy atom. The number of phenols is 1. The van der Waals surface area contributed by atoms with E-state index in [-0.39, 0.29) is 11.4 Å². The highest BCUT2D eigenvalue weighted by Gasteiger charge is 2.20. The number of nitro benzene ring substituents is 1. The van der Waals surface area contributed by atoms with Gasteiger partial charge < -0.3 is 14.6 Å². The van der Waals surface area contributed by atoms with Crippen LogP contribution in [0.1, 0.15) is 0 Å². The number of methoxy groups -OCH3 is 2. The van der Waals surface area contributed by atoms with Gasteiger partial charge in [-0.25, -0.2) is 4.68 Å². The van der Waals surface area contributed by atoms with Crippen LogP contribution in [0.25, 0.3) is 28.2 Å². The van der Waals surface area contributed by atoms with Gasteiger partial charge in [-0.3, -0.25) is 10.1 Å². The number of rotatable bonds is 6. The third-order valence-corrected chi connectivity index (χ3v) is 4.85. The molecule has 0 aliphatic heterocycles. The number of phenolic OH excluding ortho intramolecular Hbond substituents is 1. The highest BCUT2D eigenvalue weighted by Crippen LogP contribution is 2.42. The van der Waals surface area contributed by atoms with Gasteiger partial charge in [0.05, 0.1) is 36.1 Å². The van der Waals surface area contributed by atoms with Crippen molar-refractivity contribution in [3.63, 3.8) is 0 Å². The van der Waals surface area contributed by atoms with Gasteiger partial charge in [0, 0.05) is 29.8 Å². The maximum absolute atomic E-state index is 11.0. The summed E-state index contributed by atoms with van der Waals surface area (Å²) in [7, 11) is 3.01. The minimum atomic E-state index is -0.448. The summed E-state index contributed by atoms with van der Waals surface area (Å²) in [5.41, 5.74) is 3.18. The van der Waals surface area contributed by atoms with E-state index < -0.39 is 4.92 Å². The number of aromatic hydroxyl groups is 1. The summed E-state index contributed by atoms with van der Waals surface area (Å²) in [6, 6.07) is 20.7. The number of aromatic nitrogens is 2. The average molecular weight is 417 g/mol. The van der Waals surface area contributed by atoms with E-state index >= 15 is 0 Å². The van der Waals surface area contributed by atoms with Gasteiger partial charge >= 0.3 is 0 Å². The Morgan fingerprint density at radius 3 is 2.29 bits per heavy atom. The molecule has 0 atom stereocenters. The van der Waals surface area contributed by atoms with Crippen LogP contribution in [0.3, 0.4) is 0 Å². The zero-order valence-electron chi connectivity index (χ0n) is 16.9. The minimum Gasteiger partial charge on any atom is -0.507 e. The summed E-state index contributed by atoms with van der Waals surface area (Å²) in [6.45, 7) is 0. The third-order valence-electron chi connectivity index (χ3n) is 4.85. The number of nitrogens with zero attached hydrogens (tertiary/aromatic N) is 3. The summed E-state index contributed by atoms with van der Waals surface area (Å²) in [5.74, 6) is 0.824. The molecule has 1 heterocycles. The third kappa shape index (κ3) is 3.78. The maximum atomic E-state index is 11.0. The number of benzene rings is 3. The molecule has 8 nitrogen and oxygen atoms in total. The second-order valence-corrected chi connectivity index (χ2v) is 6.69. The van der Waals surface area contributed by atoms with Crippen molar-refractivity contribution in [3.8, 4) is 45.5 Å². The molecule has 4 aromatic rings. The van der Waals surface area contributed by atoms with Crippen molar-refractivity contribution >= 4 is 5.69 Å². The summed E-state index contributed by atoms with van der Waals surface area (Å²) in [5, 5.41) is 26.4. The normalized spacial score (nSPS) is 10.6. The zero-order chi connectivity index (χ0) is 22.0. The number of nitro groups is 1. The van der Waals surface area contributed by atoms with Crippen LogP contribution in [0, 0.1) is 10.1 Å². The molecule has 0 radical (unpaired) electrons. The van der Waals surface area contributed by atoms with Crippen LogP contribution in [0.2, 0.25) is 0 Å². The molecule has 0 aliphatic rings. The Labute approximate surface area is 178 Å². The van der Waals surface area contributed by atoms with Gasteiger partial charge in [-0.05, 0) is 18.2 Å². The number of non-ortho nitro benzene ring substituents is 1. The smallest absolute Gasteiger partial charge is 0.269 e. The summed E-state index contributed by atoms with van der Waals surface area (Å²) < 4.78 is 12.3. The van der Waals surface area contributed by atoms with Gasteiger partial charge in [0.1, 0.15) is 22.9 Å². The Hall–Kier alpha value is -4.33. The lowest BCUT2D eigenvalue weighted by atomic mass is 10.1. The molecule has 4 rings (SSSR count). The zero-order valence-corrected chi connectivity index (χ0v) is 16.9. The van der Waals surface area contributed by atoms with Crippen molar-refractivity contribution < 1.29 is 19.5 Å². The number of ether oxygens (including phenoxy) is 2. The second-order valence-electron chi connectivity index (χ2n) is 6.69. The predicted molar refractivity (Wildman–Crippen MR) is 116 cm³/mol. The van der Waals surface area contributed by atoms with Crippen molar-refractivity contribution in [3.05, 3.63) is 82.9 Å². The van der Waals surface area contributed by atoms with E-state index in [0.29, 0.717) is 28.4 Å². The second kappa shape index (κ2) is 8.19. The molecule has 0 bridgehead atoms. The van der Waals surface area contributed by atoms with Gasteiger partial charge in [0.25, 0.3) is 5.69 Å². The van der Waals surface area contributed by atoms with E-state index in [1.165, 1.54) is 32.4 Å². The standard InChI is InChI=1S/C23H19N3O5/c1-30-18-12-21(27)23(22(13-18)31-2)19-14-20(15-6-4-3-5-7-15)25(24-19)16-8-10-17(11-9-16)26(28)29/h3-14,27H,1-2H3. The van der Waals surface area contributed by atoms with Crippen molar-refractivity contribution in [2.75, 3.05) is 14.2 Å². The number of hydrogen-bond acceptors (Lipinski definition) is 6. The first-order valence-electron chi connectivity index (χ1n) is 9.37. The van der Waals surface area contributed by atoms with E-state index in [9.17, 15) is 15.2 Å². The molecular formula is C23H19N3O5. The van der Waals surface area contributed by atoms with E-state index in [1.807, 2.05) is 36.4 Å². The minimum absolute atomic E-state index is 0.00754. The van der Waals surface area contributed by atoms with Crippen molar-refractivity contribution in [2.45, 2.75) is 0 Å². The first kappa shape index (κ1) is 20.0. The fourth-order valence-corrected chi connectivity index (χ4v) is 3.34. The molecule has 1 N–H and O–H groups in total. The fraction of sp³-hybridized carbons (Fsp3) is 0.0870. The fourth-order valence-electron chi connectivity index (χ4n) is 3.34. The van der Waals surface area contributed by atoms with Crippen LogP contribution in [0.5, 0.6) is 17.2 Å². The lowest BCUT2D eigenvalue weighted by Crippen LogP contribution is -2.00. The Bertz CT molecular complexity index is 1230. The van der Waals surface area contributed by atoms with Gasteiger partial charge in [-0.1, -0.05) is 30.3 Å². The van der Waals surface area contributed by atoms with Gasteiger partial charge in [-0.2, -0.15) is 5.10 Å². The van der Waals surface area contributed by atoms with Gasteiger partial charge in [0.2, 0.25) is 0 Å². The molecule has 0 unspecified atom stereocenters. The lowest BCUT2D eigenvalue weighted by molar-refractivity contribution is -0.384. The van der Waals surface area contributed by atoms with Crippen LogP contribution < -0.4 is 9.47 Å². The molecule has 8 heteroatoms. The highest BCUT2D eigenvalue weighted by atomic mass is 16.6. The summed E-state index contributed by atoms with van der Waals surface area (Å²) >= 11 is 0. The van der Waals surface area contributed by atoms with Crippen LogP contribution >= 0.6 is 0 Å². The first-order valence-corrected chi connectivity index (χ1v) is 9.37. The largest absolute Gasteiger partial charge is 0.507 e. The van der Waals surface area contributed by atoms with E-state index in [2.05, 4.69) is 0 Å². The topological polar surface area (TPSA) is 99.7 Å². The molecular weight excluding hydrogens is 398 g/mol. The molecule has 0 aliphatic carbocycles. The van der Waals surface area contributed by atoms with Crippen molar-refractivity contribution in [1.82, 2.24) is 9.78 Å². The SMILES string of the molecule is COc1cc(O)c(-c2cc(-c3ccccc3)n(-c3ccc([N+](=O)[O-])cc3)n2)c(OC)c1. The van der Waals surface area contributed by atoms with E-state index in [0.717, 1.165) is 11.3 Å². The monoisotopic (exact) mass is 417 g/mol.